The monoisotopic (exact) mass is 588 g/mol. The van der Waals surface area contributed by atoms with Gasteiger partial charge in [-0.2, -0.15) is 18.3 Å². The molecule has 1 unspecified atom stereocenters. The molecule has 3 aromatic rings. The van der Waals surface area contributed by atoms with Crippen molar-refractivity contribution in [2.24, 2.45) is 5.92 Å². The van der Waals surface area contributed by atoms with E-state index in [2.05, 4.69) is 5.10 Å². The van der Waals surface area contributed by atoms with E-state index in [9.17, 15) is 31.5 Å². The van der Waals surface area contributed by atoms with Gasteiger partial charge in [-0.15, -0.1) is 0 Å². The second-order valence-electron chi connectivity index (χ2n) is 10.5. The number of rotatable bonds is 7. The van der Waals surface area contributed by atoms with Crippen LogP contribution in [0.25, 0.3) is 10.9 Å². The van der Waals surface area contributed by atoms with E-state index in [1.807, 2.05) is 5.32 Å². The van der Waals surface area contributed by atoms with Crippen molar-refractivity contribution in [3.63, 3.8) is 0 Å². The summed E-state index contributed by atoms with van der Waals surface area (Å²) in [5.41, 5.74) is 1.91. The van der Waals surface area contributed by atoms with Crippen LogP contribution in [0.15, 0.2) is 60.3 Å². The summed E-state index contributed by atoms with van der Waals surface area (Å²) >= 11 is 0. The molecule has 12 heteroatoms. The van der Waals surface area contributed by atoms with E-state index in [-0.39, 0.29) is 23.1 Å². The van der Waals surface area contributed by atoms with E-state index in [1.54, 1.807) is 47.0 Å². The number of nitrogens with one attached hydrogen (secondary N) is 1. The first kappa shape index (κ1) is 29.3. The Morgan fingerprint density at radius 2 is 1.88 bits per heavy atom. The van der Waals surface area contributed by atoms with Crippen LogP contribution in [0, 0.1) is 24.5 Å². The van der Waals surface area contributed by atoms with Crippen molar-refractivity contribution in [2.75, 3.05) is 19.6 Å². The predicted octanol–water partition coefficient (Wildman–Crippen LogP) is 5.49. The molecule has 0 bridgehead atoms. The first-order valence-electron chi connectivity index (χ1n) is 13.6. The van der Waals surface area contributed by atoms with Gasteiger partial charge >= 0.3 is 6.18 Å². The molecule has 0 saturated carbocycles. The Labute approximate surface area is 238 Å². The lowest BCUT2D eigenvalue weighted by atomic mass is 9.95. The van der Waals surface area contributed by atoms with Gasteiger partial charge in [0.25, 0.3) is 11.8 Å². The second kappa shape index (κ2) is 11.9. The van der Waals surface area contributed by atoms with Gasteiger partial charge in [-0.25, -0.2) is 8.78 Å². The Morgan fingerprint density at radius 3 is 2.55 bits per heavy atom. The first-order valence-corrected chi connectivity index (χ1v) is 13.6. The molecule has 42 heavy (non-hydrogen) atoms. The maximum Gasteiger partial charge on any atom is 0.405 e. The highest BCUT2D eigenvalue weighted by Gasteiger charge is 2.29. The van der Waals surface area contributed by atoms with Crippen LogP contribution in [0.1, 0.15) is 35.2 Å². The van der Waals surface area contributed by atoms with Crippen molar-refractivity contribution in [1.82, 2.24) is 20.0 Å². The van der Waals surface area contributed by atoms with Crippen LogP contribution in [0.3, 0.4) is 0 Å². The van der Waals surface area contributed by atoms with E-state index in [0.717, 1.165) is 25.0 Å². The van der Waals surface area contributed by atoms with Crippen LogP contribution >= 0.6 is 0 Å². The number of likely N-dealkylation sites (tertiary alicyclic amines) is 1. The summed E-state index contributed by atoms with van der Waals surface area (Å²) in [7, 11) is 0. The number of hydrogen-bond donors (Lipinski definition) is 1. The number of piperidine rings is 1. The number of carbonyl (C=O) groups excluding carboxylic acids is 2. The minimum atomic E-state index is -4.49. The van der Waals surface area contributed by atoms with E-state index >= 15 is 0 Å². The third-order valence-corrected chi connectivity index (χ3v) is 7.53. The maximum atomic E-state index is 13.9. The molecule has 0 radical (unpaired) electrons. The van der Waals surface area contributed by atoms with Gasteiger partial charge in [0.1, 0.15) is 18.5 Å². The zero-order valence-electron chi connectivity index (χ0n) is 22.8. The molecule has 1 fully saturated rings. The fraction of sp³-hybridized carbons (Fsp3) is 0.367. The van der Waals surface area contributed by atoms with E-state index in [0.29, 0.717) is 48.1 Å². The third-order valence-electron chi connectivity index (χ3n) is 7.53. The van der Waals surface area contributed by atoms with Gasteiger partial charge < -0.3 is 15.0 Å². The molecule has 1 N–H and O–H groups in total. The number of nitrogens with zero attached hydrogens (tertiary/aromatic N) is 3. The topological polar surface area (TPSA) is 76.5 Å². The largest absolute Gasteiger partial charge is 0.483 e. The summed E-state index contributed by atoms with van der Waals surface area (Å²) < 4.78 is 71.9. The SMILES string of the molecule is Cc1c(C(=O)NCC(F)(F)F)ccc2nn(CC3CCN(C(=O)C4=CCC(Oc5ccc(F)cc5F)C=C4)CC3)cc12. The smallest absolute Gasteiger partial charge is 0.405 e. The van der Waals surface area contributed by atoms with Crippen LogP contribution in [0.2, 0.25) is 0 Å². The number of alkyl halides is 3. The second-order valence-corrected chi connectivity index (χ2v) is 10.5. The van der Waals surface area contributed by atoms with Crippen LogP contribution in [-0.4, -0.2) is 58.4 Å². The number of halogens is 5. The van der Waals surface area contributed by atoms with Gasteiger partial charge in [0, 0.05) is 54.8 Å². The number of aryl methyl sites for hydroxylation is 1. The standard InChI is InChI=1S/C30H29F5N4O3/c1-18-23(28(40)36-17-30(33,34)35)7-8-26-24(18)16-39(37-26)15-19-10-12-38(13-11-19)29(41)20-2-5-22(6-3-20)42-27-9-4-21(31)14-25(27)32/h2-5,7-9,14,16,19,22H,6,10-13,15,17H2,1H3,(H,36,40). The number of carbonyl (C=O) groups is 2. The summed E-state index contributed by atoms with van der Waals surface area (Å²) in [6.07, 6.45) is 3.87. The molecule has 1 aliphatic carbocycles. The normalized spacial score (nSPS) is 17.8. The maximum absolute atomic E-state index is 13.9. The lowest BCUT2D eigenvalue weighted by Crippen LogP contribution is -2.40. The van der Waals surface area contributed by atoms with Gasteiger partial charge in [-0.1, -0.05) is 12.2 Å². The molecule has 2 aliphatic rings. The average molecular weight is 589 g/mol. The number of amides is 2. The zero-order chi connectivity index (χ0) is 30.0. The van der Waals surface area contributed by atoms with Gasteiger partial charge in [-0.05, 0) is 61.6 Å². The van der Waals surface area contributed by atoms with Crippen molar-refractivity contribution in [2.45, 2.75) is 45.0 Å². The van der Waals surface area contributed by atoms with Gasteiger partial charge in [-0.3, -0.25) is 14.3 Å². The van der Waals surface area contributed by atoms with E-state index < -0.39 is 36.4 Å². The fourth-order valence-electron chi connectivity index (χ4n) is 5.24. The Hall–Kier alpha value is -4.22. The minimum Gasteiger partial charge on any atom is -0.483 e. The molecule has 7 nitrogen and oxygen atoms in total. The third kappa shape index (κ3) is 6.80. The summed E-state index contributed by atoms with van der Waals surface area (Å²) in [5, 5.41) is 7.18. The number of aromatic nitrogens is 2. The highest BCUT2D eigenvalue weighted by Crippen LogP contribution is 2.27. The zero-order valence-corrected chi connectivity index (χ0v) is 22.8. The van der Waals surface area contributed by atoms with Crippen molar-refractivity contribution in [1.29, 1.82) is 0 Å². The van der Waals surface area contributed by atoms with Crippen LogP contribution in [0.4, 0.5) is 22.0 Å². The molecule has 2 aromatic carbocycles. The van der Waals surface area contributed by atoms with Crippen LogP contribution < -0.4 is 10.1 Å². The Balaban J connectivity index is 1.13. The van der Waals surface area contributed by atoms with Gasteiger partial charge in [0.05, 0.1) is 5.52 Å². The Morgan fingerprint density at radius 1 is 1.12 bits per heavy atom. The van der Waals surface area contributed by atoms with E-state index in [1.165, 1.54) is 12.1 Å². The molecule has 222 valence electrons. The highest BCUT2D eigenvalue weighted by atomic mass is 19.4. The molecule has 5 rings (SSSR count). The number of hydrogen-bond acceptors (Lipinski definition) is 4. The minimum absolute atomic E-state index is 0.0524. The molecule has 1 atom stereocenters. The van der Waals surface area contributed by atoms with E-state index in [4.69, 9.17) is 4.74 Å². The first-order chi connectivity index (χ1) is 20.0. The van der Waals surface area contributed by atoms with Crippen molar-refractivity contribution in [3.8, 4) is 5.75 Å². The fourth-order valence-corrected chi connectivity index (χ4v) is 5.24. The lowest BCUT2D eigenvalue weighted by Gasteiger charge is -2.32. The highest BCUT2D eigenvalue weighted by molar-refractivity contribution is 6.00. The predicted molar refractivity (Wildman–Crippen MR) is 145 cm³/mol. The van der Waals surface area contributed by atoms with Crippen molar-refractivity contribution >= 4 is 22.7 Å². The lowest BCUT2D eigenvalue weighted by molar-refractivity contribution is -0.128. The summed E-state index contributed by atoms with van der Waals surface area (Å²) in [4.78, 5) is 27.1. The molecular formula is C30H29F5N4O3. The summed E-state index contributed by atoms with van der Waals surface area (Å²) in [6, 6.07) is 6.22. The number of ether oxygens (including phenoxy) is 1. The Kier molecular flexibility index (Phi) is 8.33. The molecule has 1 aliphatic heterocycles. The summed E-state index contributed by atoms with van der Waals surface area (Å²) in [5.74, 6) is -2.14. The molecule has 1 aromatic heterocycles. The molecule has 1 saturated heterocycles. The van der Waals surface area contributed by atoms with Crippen LogP contribution in [-0.2, 0) is 11.3 Å². The van der Waals surface area contributed by atoms with Crippen LogP contribution in [0.5, 0.6) is 5.75 Å². The van der Waals surface area contributed by atoms with Crippen molar-refractivity contribution in [3.05, 3.63) is 83.1 Å². The van der Waals surface area contributed by atoms with Gasteiger partial charge in [0.15, 0.2) is 11.6 Å². The quantitative estimate of drug-likeness (QED) is 0.371. The molecular weight excluding hydrogens is 559 g/mol. The van der Waals surface area contributed by atoms with Crippen molar-refractivity contribution < 1.29 is 36.3 Å². The molecule has 0 spiro atoms. The van der Waals surface area contributed by atoms with Gasteiger partial charge in [0.2, 0.25) is 0 Å². The Bertz CT molecular complexity index is 1550. The average Bonchev–Trinajstić information content (AvgIpc) is 3.37. The summed E-state index contributed by atoms with van der Waals surface area (Å²) in [6.45, 7) is 2.03. The number of fused-ring (bicyclic) bond motifs is 1. The number of benzene rings is 2. The molecule has 2 amide bonds. The molecule has 2 heterocycles.